The number of hydrogen-bond acceptors (Lipinski definition) is 2. The van der Waals surface area contributed by atoms with Crippen LogP contribution < -0.4 is 5.43 Å². The van der Waals surface area contributed by atoms with E-state index in [9.17, 15) is 9.59 Å². The zero-order valence-electron chi connectivity index (χ0n) is 8.96. The van der Waals surface area contributed by atoms with Gasteiger partial charge in [0.25, 0.3) is 0 Å². The number of carbonyl (C=O) groups is 1. The van der Waals surface area contributed by atoms with Crippen molar-refractivity contribution in [2.24, 2.45) is 0 Å². The lowest BCUT2D eigenvalue weighted by Crippen LogP contribution is -2.11. The molecule has 0 amide bonds. The molecular weight excluding hydrogens is 214 g/mol. The first-order valence-electron chi connectivity index (χ1n) is 5.29. The molecule has 0 unspecified atom stereocenters. The monoisotopic (exact) mass is 223 g/mol. The standard InChI is InChI=1S/C14H9NO2/c16-9-15-12-5-2-1-4-10(12)8-11-13(15)6-3-7-14(11)17/h1-9H. The molecule has 0 radical (unpaired) electrons. The molecule has 82 valence electrons. The van der Waals surface area contributed by atoms with Crippen molar-refractivity contribution < 1.29 is 4.79 Å². The molecule has 1 aliphatic carbocycles. The summed E-state index contributed by atoms with van der Waals surface area (Å²) in [6.07, 6.45) is 0.740. The maximum Gasteiger partial charge on any atom is 0.218 e. The summed E-state index contributed by atoms with van der Waals surface area (Å²) in [7, 11) is 0. The van der Waals surface area contributed by atoms with E-state index >= 15 is 0 Å². The lowest BCUT2D eigenvalue weighted by atomic mass is 10.0. The third-order valence-corrected chi connectivity index (χ3v) is 2.90. The molecule has 1 aromatic carbocycles. The maximum absolute atomic E-state index is 11.8. The molecule has 17 heavy (non-hydrogen) atoms. The summed E-state index contributed by atoms with van der Waals surface area (Å²) >= 11 is 0. The van der Waals surface area contributed by atoms with Gasteiger partial charge in [0.1, 0.15) is 0 Å². The number of hydrogen-bond donors (Lipinski definition) is 0. The number of carbonyl (C=O) groups excluding carboxylic acids is 1. The van der Waals surface area contributed by atoms with Gasteiger partial charge in [-0.2, -0.15) is 0 Å². The Morgan fingerprint density at radius 2 is 1.82 bits per heavy atom. The van der Waals surface area contributed by atoms with Crippen LogP contribution in [0.5, 0.6) is 0 Å². The highest BCUT2D eigenvalue weighted by molar-refractivity contribution is 5.91. The Morgan fingerprint density at radius 1 is 1.00 bits per heavy atom. The van der Waals surface area contributed by atoms with Crippen molar-refractivity contribution in [2.45, 2.75) is 0 Å². The third kappa shape index (κ3) is 1.36. The van der Waals surface area contributed by atoms with E-state index in [1.807, 2.05) is 30.3 Å². The number of rotatable bonds is 1. The van der Waals surface area contributed by atoms with E-state index in [1.165, 1.54) is 10.6 Å². The van der Waals surface area contributed by atoms with Crippen molar-refractivity contribution in [3.8, 4) is 11.3 Å². The highest BCUT2D eigenvalue weighted by atomic mass is 16.1. The van der Waals surface area contributed by atoms with Gasteiger partial charge in [0.15, 0.2) is 5.43 Å². The van der Waals surface area contributed by atoms with Crippen molar-refractivity contribution in [3.63, 3.8) is 0 Å². The van der Waals surface area contributed by atoms with Gasteiger partial charge in [0, 0.05) is 5.56 Å². The summed E-state index contributed by atoms with van der Waals surface area (Å²) in [6, 6.07) is 14.3. The Morgan fingerprint density at radius 3 is 2.65 bits per heavy atom. The fraction of sp³-hybridized carbons (Fsp3) is 0. The largest absolute Gasteiger partial charge is 0.289 e. The summed E-state index contributed by atoms with van der Waals surface area (Å²) in [5.74, 6) is 0. The van der Waals surface area contributed by atoms with Crippen LogP contribution in [0.3, 0.4) is 0 Å². The Bertz CT molecular complexity index is 743. The molecular formula is C14H9NO2. The smallest absolute Gasteiger partial charge is 0.218 e. The van der Waals surface area contributed by atoms with E-state index in [4.69, 9.17) is 0 Å². The molecule has 1 aromatic rings. The van der Waals surface area contributed by atoms with Crippen molar-refractivity contribution in [1.29, 1.82) is 0 Å². The second-order valence-electron chi connectivity index (χ2n) is 3.87. The summed E-state index contributed by atoms with van der Waals surface area (Å²) in [5, 5.41) is 0.885. The maximum atomic E-state index is 11.8. The minimum atomic E-state index is -0.0659. The number of nitrogens with zero attached hydrogens (tertiary/aromatic N) is 1. The van der Waals surface area contributed by atoms with Crippen LogP contribution in [0.15, 0.2) is 53.3 Å². The number of fused-ring (bicyclic) bond motifs is 2. The van der Waals surface area contributed by atoms with Gasteiger partial charge in [-0.05, 0) is 29.7 Å². The molecule has 3 nitrogen and oxygen atoms in total. The lowest BCUT2D eigenvalue weighted by molar-refractivity contribution is 0.549. The van der Waals surface area contributed by atoms with Gasteiger partial charge >= 0.3 is 0 Å². The summed E-state index contributed by atoms with van der Waals surface area (Å²) in [5.41, 5.74) is 1.95. The molecule has 0 aromatic heterocycles. The molecule has 1 heterocycles. The molecule has 3 rings (SSSR count). The van der Waals surface area contributed by atoms with Crippen LogP contribution in [0.2, 0.25) is 0 Å². The Labute approximate surface area is 97.3 Å². The Hall–Kier alpha value is -2.42. The van der Waals surface area contributed by atoms with Crippen LogP contribution in [-0.4, -0.2) is 11.0 Å². The van der Waals surface area contributed by atoms with E-state index in [2.05, 4.69) is 0 Å². The van der Waals surface area contributed by atoms with Crippen LogP contribution in [-0.2, 0) is 4.79 Å². The van der Waals surface area contributed by atoms with Crippen LogP contribution in [0.4, 0.5) is 0 Å². The highest BCUT2D eigenvalue weighted by Crippen LogP contribution is 2.24. The summed E-state index contributed by atoms with van der Waals surface area (Å²) in [6.45, 7) is 0. The molecule has 2 aliphatic rings. The third-order valence-electron chi connectivity index (χ3n) is 2.90. The first-order chi connectivity index (χ1) is 8.31. The number of benzene rings is 2. The van der Waals surface area contributed by atoms with E-state index in [1.54, 1.807) is 12.1 Å². The van der Waals surface area contributed by atoms with Crippen LogP contribution in [0, 0.1) is 0 Å². The van der Waals surface area contributed by atoms with Gasteiger partial charge < -0.3 is 0 Å². The topological polar surface area (TPSA) is 39.1 Å². The molecule has 0 atom stereocenters. The van der Waals surface area contributed by atoms with Gasteiger partial charge in [-0.15, -0.1) is 0 Å². The molecule has 1 aliphatic heterocycles. The number of pyridine rings is 1. The Kier molecular flexibility index (Phi) is 2.05. The number of para-hydroxylation sites is 1. The van der Waals surface area contributed by atoms with Gasteiger partial charge in [0.2, 0.25) is 6.41 Å². The van der Waals surface area contributed by atoms with Crippen molar-refractivity contribution in [2.75, 3.05) is 0 Å². The fourth-order valence-electron chi connectivity index (χ4n) is 2.12. The van der Waals surface area contributed by atoms with Gasteiger partial charge in [-0.1, -0.05) is 24.3 Å². The van der Waals surface area contributed by atoms with E-state index in [-0.39, 0.29) is 5.43 Å². The van der Waals surface area contributed by atoms with Gasteiger partial charge in [0.05, 0.1) is 11.2 Å². The second-order valence-corrected chi connectivity index (χ2v) is 3.87. The fourth-order valence-corrected chi connectivity index (χ4v) is 2.12. The van der Waals surface area contributed by atoms with E-state index in [0.29, 0.717) is 11.3 Å². The van der Waals surface area contributed by atoms with Crippen LogP contribution in [0.1, 0.15) is 0 Å². The quantitative estimate of drug-likeness (QED) is 0.468. The normalized spacial score (nSPS) is 10.8. The summed E-state index contributed by atoms with van der Waals surface area (Å²) in [4.78, 5) is 23.0. The van der Waals surface area contributed by atoms with Crippen molar-refractivity contribution in [3.05, 3.63) is 58.8 Å². The number of aromatic nitrogens is 1. The molecule has 0 spiro atoms. The minimum Gasteiger partial charge on any atom is -0.289 e. The molecule has 3 heteroatoms. The van der Waals surface area contributed by atoms with E-state index in [0.717, 1.165) is 17.3 Å². The predicted octanol–water partition coefficient (Wildman–Crippen LogP) is 2.14. The van der Waals surface area contributed by atoms with Crippen molar-refractivity contribution >= 4 is 17.3 Å². The average molecular weight is 223 g/mol. The first kappa shape index (κ1) is 9.78. The summed E-state index contributed by atoms with van der Waals surface area (Å²) < 4.78 is 1.51. The van der Waals surface area contributed by atoms with Gasteiger partial charge in [-0.3, -0.25) is 14.2 Å². The molecule has 0 saturated carbocycles. The average Bonchev–Trinajstić information content (AvgIpc) is 2.37. The SMILES string of the molecule is O=Cn1c2cccc(=O)c-2cc2ccccc21. The van der Waals surface area contributed by atoms with Crippen LogP contribution in [0.25, 0.3) is 22.2 Å². The van der Waals surface area contributed by atoms with E-state index < -0.39 is 0 Å². The van der Waals surface area contributed by atoms with Crippen LogP contribution >= 0.6 is 0 Å². The minimum absolute atomic E-state index is 0.0659. The molecule has 0 N–H and O–H groups in total. The Balaban J connectivity index is 2.63. The lowest BCUT2D eigenvalue weighted by Gasteiger charge is -2.13. The molecule has 0 fully saturated rings. The molecule has 0 saturated heterocycles. The second kappa shape index (κ2) is 3.56. The predicted molar refractivity (Wildman–Crippen MR) is 67.0 cm³/mol. The van der Waals surface area contributed by atoms with Gasteiger partial charge in [-0.25, -0.2) is 0 Å². The molecule has 0 bridgehead atoms. The zero-order valence-corrected chi connectivity index (χ0v) is 8.96. The highest BCUT2D eigenvalue weighted by Gasteiger charge is 2.11. The van der Waals surface area contributed by atoms with Crippen molar-refractivity contribution in [1.82, 2.24) is 4.57 Å². The zero-order chi connectivity index (χ0) is 11.8. The first-order valence-corrected chi connectivity index (χ1v) is 5.29.